The van der Waals surface area contributed by atoms with E-state index in [9.17, 15) is 46.2 Å². The number of halogens is 1. The van der Waals surface area contributed by atoms with E-state index >= 15 is 0 Å². The summed E-state index contributed by atoms with van der Waals surface area (Å²) in [5.41, 5.74) is 0.896. The minimum atomic E-state index is -4.30. The molecule has 2 fully saturated rings. The second-order valence-corrected chi connectivity index (χ2v) is 16.1. The van der Waals surface area contributed by atoms with Crippen molar-refractivity contribution in [3.8, 4) is 0 Å². The molecule has 2 aromatic rings. The van der Waals surface area contributed by atoms with E-state index in [-0.39, 0.29) is 35.5 Å². The number of carboxylic acids is 2. The maximum absolute atomic E-state index is 13.5. The smallest absolute Gasteiger partial charge is 0.326 e. The number of amides is 2. The van der Waals surface area contributed by atoms with E-state index < -0.39 is 77.9 Å². The zero-order chi connectivity index (χ0) is 35.8. The Morgan fingerprint density at radius 1 is 1.10 bits per heavy atom. The van der Waals surface area contributed by atoms with Gasteiger partial charge in [-0.25, -0.2) is 26.8 Å². The lowest BCUT2D eigenvalue weighted by molar-refractivity contribution is -0.151. The molecule has 3 aliphatic rings. The fourth-order valence-corrected chi connectivity index (χ4v) is 9.32. The highest BCUT2D eigenvalue weighted by atomic mass is 35.5. The number of carbonyl (C=O) groups excluding carboxylic acids is 2. The standard InChI is InChI=1S/C30H37ClN6O10S2/c1-15(28(39)37-22-5-3-2-4-17(22)11-23(37)30(42)43)33-21(29(40)41)10-16-6-8-18(9-7-16)34-27(38)14-26-35-20-12-19(31)24(48(32,44)45)13-25(20)49(46,47)36-26/h6-9,12-13,15,17,21-23,26,33,35-36H,2-5,10-11,14H2,1H3,(H,34,38)(H,40,41)(H,42,43)(H2,32,44,45)/t15?,17-,21+,22-,23+,26+/m1/s1. The maximum atomic E-state index is 13.5. The molecular weight excluding hydrogens is 704 g/mol. The summed E-state index contributed by atoms with van der Waals surface area (Å²) in [7, 11) is -8.54. The Morgan fingerprint density at radius 3 is 2.41 bits per heavy atom. The van der Waals surface area contributed by atoms with E-state index in [1.807, 2.05) is 0 Å². The van der Waals surface area contributed by atoms with Gasteiger partial charge in [0, 0.05) is 11.7 Å². The van der Waals surface area contributed by atoms with Gasteiger partial charge in [0.1, 0.15) is 21.9 Å². The van der Waals surface area contributed by atoms with Gasteiger partial charge in [-0.3, -0.25) is 19.7 Å². The average molecular weight is 741 g/mol. The minimum Gasteiger partial charge on any atom is -0.480 e. The van der Waals surface area contributed by atoms with Crippen molar-refractivity contribution >= 4 is 66.8 Å². The molecule has 49 heavy (non-hydrogen) atoms. The van der Waals surface area contributed by atoms with E-state index in [0.717, 1.165) is 37.8 Å². The summed E-state index contributed by atoms with van der Waals surface area (Å²) in [6.07, 6.45) is 2.38. The van der Waals surface area contributed by atoms with Crippen molar-refractivity contribution < 1.29 is 46.2 Å². The first-order chi connectivity index (χ1) is 22.9. The number of nitrogens with zero attached hydrogens (tertiary/aromatic N) is 1. The van der Waals surface area contributed by atoms with Gasteiger partial charge in [0.15, 0.2) is 0 Å². The van der Waals surface area contributed by atoms with Crippen LogP contribution < -0.4 is 25.8 Å². The number of carbonyl (C=O) groups is 4. The number of sulfonamides is 2. The van der Waals surface area contributed by atoms with Crippen LogP contribution in [0, 0.1) is 5.92 Å². The monoisotopic (exact) mass is 740 g/mol. The Kier molecular flexibility index (Phi) is 10.6. The zero-order valence-electron chi connectivity index (χ0n) is 26.3. The third kappa shape index (κ3) is 8.16. The Morgan fingerprint density at radius 2 is 1.78 bits per heavy atom. The number of hydrogen-bond acceptors (Lipinski definition) is 10. The van der Waals surface area contributed by atoms with Crippen molar-refractivity contribution in [1.29, 1.82) is 0 Å². The van der Waals surface area contributed by atoms with Gasteiger partial charge in [0.25, 0.3) is 0 Å². The number of anilines is 2. The van der Waals surface area contributed by atoms with Crippen molar-refractivity contribution in [3.05, 3.63) is 47.0 Å². The number of primary sulfonamides is 1. The molecule has 1 saturated carbocycles. The van der Waals surface area contributed by atoms with Crippen molar-refractivity contribution in [3.63, 3.8) is 0 Å². The number of hydrogen-bond donors (Lipinski definition) is 7. The van der Waals surface area contributed by atoms with Crippen LogP contribution in [0.5, 0.6) is 0 Å². The number of nitrogens with two attached hydrogens (primary N) is 1. The SMILES string of the molecule is CC(N[C@@H](Cc1ccc(NC(=O)C[C@H]2Nc3cc(Cl)c(S(N)(=O)=O)cc3S(=O)(=O)N2)cc1)C(=O)O)C(=O)N1[C@@H]2CCCC[C@@H]2C[C@H]1C(=O)O. The van der Waals surface area contributed by atoms with Gasteiger partial charge in [0.2, 0.25) is 31.9 Å². The lowest BCUT2D eigenvalue weighted by Crippen LogP contribution is -2.55. The molecule has 8 N–H and O–H groups in total. The lowest BCUT2D eigenvalue weighted by Gasteiger charge is -2.35. The molecule has 0 radical (unpaired) electrons. The highest BCUT2D eigenvalue weighted by Gasteiger charge is 2.48. The molecule has 1 saturated heterocycles. The topological polar surface area (TPSA) is 254 Å². The number of benzene rings is 2. The van der Waals surface area contributed by atoms with Crippen molar-refractivity contribution in [2.75, 3.05) is 10.6 Å². The van der Waals surface area contributed by atoms with Crippen LogP contribution >= 0.6 is 11.6 Å². The van der Waals surface area contributed by atoms with E-state index in [0.29, 0.717) is 17.7 Å². The fraction of sp³-hybridized carbons (Fsp3) is 0.467. The molecule has 266 valence electrons. The maximum Gasteiger partial charge on any atom is 0.326 e. The molecule has 0 aromatic heterocycles. The molecule has 19 heteroatoms. The van der Waals surface area contributed by atoms with Gasteiger partial charge in [-0.15, -0.1) is 0 Å². The molecule has 2 heterocycles. The van der Waals surface area contributed by atoms with Crippen LogP contribution in [0.3, 0.4) is 0 Å². The summed E-state index contributed by atoms with van der Waals surface area (Å²) in [5, 5.41) is 32.8. The van der Waals surface area contributed by atoms with E-state index in [1.165, 1.54) is 24.0 Å². The van der Waals surface area contributed by atoms with Crippen LogP contribution in [0.15, 0.2) is 46.2 Å². The second-order valence-electron chi connectivity index (χ2n) is 12.5. The molecule has 1 unspecified atom stereocenters. The van der Waals surface area contributed by atoms with Gasteiger partial charge in [-0.2, -0.15) is 4.72 Å². The van der Waals surface area contributed by atoms with Crippen LogP contribution in [-0.2, 0) is 45.6 Å². The predicted octanol–water partition coefficient (Wildman–Crippen LogP) is 1.26. The second kappa shape index (κ2) is 14.2. The largest absolute Gasteiger partial charge is 0.480 e. The zero-order valence-corrected chi connectivity index (χ0v) is 28.6. The fourth-order valence-electron chi connectivity index (χ4n) is 6.82. The molecule has 0 bridgehead atoms. The summed E-state index contributed by atoms with van der Waals surface area (Å²) >= 11 is 6.00. The highest BCUT2D eigenvalue weighted by Crippen LogP contribution is 2.40. The molecule has 5 rings (SSSR count). The molecule has 2 aliphatic heterocycles. The molecule has 16 nitrogen and oxygen atoms in total. The van der Waals surface area contributed by atoms with Gasteiger partial charge in [-0.05, 0) is 68.4 Å². The molecule has 6 atom stereocenters. The molecular formula is C30H37ClN6O10S2. The number of aliphatic carboxylic acids is 2. The van der Waals surface area contributed by atoms with E-state index in [2.05, 4.69) is 20.7 Å². The molecule has 0 spiro atoms. The minimum absolute atomic E-state index is 0.0154. The van der Waals surface area contributed by atoms with E-state index in [1.54, 1.807) is 12.1 Å². The molecule has 2 amide bonds. The number of carboxylic acid groups (broad SMARTS) is 2. The van der Waals surface area contributed by atoms with Gasteiger partial charge >= 0.3 is 11.9 Å². The Labute approximate surface area is 287 Å². The number of nitrogens with one attached hydrogen (secondary N) is 4. The van der Waals surface area contributed by atoms with E-state index in [4.69, 9.17) is 16.7 Å². The van der Waals surface area contributed by atoms with Gasteiger partial charge in [-0.1, -0.05) is 36.6 Å². The first kappa shape index (κ1) is 36.5. The van der Waals surface area contributed by atoms with Crippen molar-refractivity contribution in [1.82, 2.24) is 14.9 Å². The predicted molar refractivity (Wildman–Crippen MR) is 177 cm³/mol. The van der Waals surface area contributed by atoms with Crippen LogP contribution in [0.25, 0.3) is 0 Å². The van der Waals surface area contributed by atoms with Crippen LogP contribution in [0.1, 0.15) is 51.0 Å². The molecule has 2 aromatic carbocycles. The highest BCUT2D eigenvalue weighted by molar-refractivity contribution is 7.90. The Balaban J connectivity index is 1.18. The van der Waals surface area contributed by atoms with Crippen LogP contribution in [0.2, 0.25) is 5.02 Å². The molecule has 1 aliphatic carbocycles. The van der Waals surface area contributed by atoms with Crippen molar-refractivity contribution in [2.24, 2.45) is 11.1 Å². The summed E-state index contributed by atoms with van der Waals surface area (Å²) in [5.74, 6) is -3.17. The van der Waals surface area contributed by atoms with Gasteiger partial charge in [0.05, 0.1) is 29.3 Å². The van der Waals surface area contributed by atoms with Crippen LogP contribution in [0.4, 0.5) is 11.4 Å². The quantitative estimate of drug-likeness (QED) is 0.172. The first-order valence-electron chi connectivity index (χ1n) is 15.5. The summed E-state index contributed by atoms with van der Waals surface area (Å²) < 4.78 is 51.4. The Bertz CT molecular complexity index is 1880. The van der Waals surface area contributed by atoms with Crippen LogP contribution in [-0.4, -0.2) is 86.0 Å². The summed E-state index contributed by atoms with van der Waals surface area (Å²) in [6, 6.07) is 4.95. The van der Waals surface area contributed by atoms with Crippen molar-refractivity contribution in [2.45, 2.75) is 92.0 Å². The number of rotatable bonds is 11. The van der Waals surface area contributed by atoms with Gasteiger partial charge < -0.3 is 25.7 Å². The Hall–Kier alpha value is -3.81. The normalized spacial score (nSPS) is 24.1. The number of fused-ring (bicyclic) bond motifs is 2. The number of likely N-dealkylation sites (tertiary alicyclic amines) is 1. The lowest BCUT2D eigenvalue weighted by atomic mass is 9.84. The summed E-state index contributed by atoms with van der Waals surface area (Å²) in [6.45, 7) is 1.53. The summed E-state index contributed by atoms with van der Waals surface area (Å²) in [4.78, 5) is 50.9. The average Bonchev–Trinajstić information content (AvgIpc) is 3.40. The first-order valence-corrected chi connectivity index (χ1v) is 18.9. The third-order valence-corrected chi connectivity index (χ3v) is 12.0. The third-order valence-electron chi connectivity index (χ3n) is 9.07.